The molecule has 1 aromatic carbocycles. The quantitative estimate of drug-likeness (QED) is 0.410. The molecule has 0 nitrogen and oxygen atoms in total. The molecular formula is C7H4Cl3I. The molecule has 0 N–H and O–H groups in total. The summed E-state index contributed by atoms with van der Waals surface area (Å²) < 4.78 is 0.947. The van der Waals surface area contributed by atoms with Crippen LogP contribution in [0.15, 0.2) is 12.1 Å². The Hall–Kier alpha value is 0.820. The summed E-state index contributed by atoms with van der Waals surface area (Å²) in [6.07, 6.45) is 0. The Morgan fingerprint density at radius 1 is 1.18 bits per heavy atom. The number of hydrogen-bond acceptors (Lipinski definition) is 0. The van der Waals surface area contributed by atoms with Crippen LogP contribution in [0, 0.1) is 3.57 Å². The number of halogens is 4. The van der Waals surface area contributed by atoms with Crippen molar-refractivity contribution < 1.29 is 0 Å². The first-order valence-corrected chi connectivity index (χ1v) is 5.22. The average molecular weight is 321 g/mol. The topological polar surface area (TPSA) is 0 Å². The fourth-order valence-corrected chi connectivity index (χ4v) is 1.99. The van der Waals surface area contributed by atoms with Gasteiger partial charge in [-0.25, -0.2) is 0 Å². The Kier molecular flexibility index (Phi) is 3.75. The first-order chi connectivity index (χ1) is 5.16. The van der Waals surface area contributed by atoms with Gasteiger partial charge in [0.2, 0.25) is 0 Å². The third kappa shape index (κ3) is 2.14. The van der Waals surface area contributed by atoms with E-state index in [-0.39, 0.29) is 0 Å². The van der Waals surface area contributed by atoms with Crippen molar-refractivity contribution in [2.24, 2.45) is 0 Å². The maximum absolute atomic E-state index is 5.88. The lowest BCUT2D eigenvalue weighted by Crippen LogP contribution is -1.83. The van der Waals surface area contributed by atoms with Crippen LogP contribution in [0.1, 0.15) is 5.56 Å². The summed E-state index contributed by atoms with van der Waals surface area (Å²) in [7, 11) is 0. The van der Waals surface area contributed by atoms with E-state index in [1.165, 1.54) is 0 Å². The molecule has 0 aromatic heterocycles. The van der Waals surface area contributed by atoms with Gasteiger partial charge in [0, 0.05) is 9.45 Å². The van der Waals surface area contributed by atoms with Crippen molar-refractivity contribution in [1.82, 2.24) is 0 Å². The van der Waals surface area contributed by atoms with Crippen molar-refractivity contribution in [3.05, 3.63) is 31.3 Å². The van der Waals surface area contributed by atoms with E-state index in [2.05, 4.69) is 22.6 Å². The second kappa shape index (κ2) is 4.17. The van der Waals surface area contributed by atoms with Crippen LogP contribution < -0.4 is 0 Å². The minimum atomic E-state index is 0.398. The Balaban J connectivity index is 3.25. The van der Waals surface area contributed by atoms with Crippen molar-refractivity contribution in [3.63, 3.8) is 0 Å². The van der Waals surface area contributed by atoms with Crippen molar-refractivity contribution in [2.75, 3.05) is 0 Å². The smallest absolute Gasteiger partial charge is 0.0728 e. The number of alkyl halides is 1. The predicted molar refractivity (Wildman–Crippen MR) is 58.7 cm³/mol. The van der Waals surface area contributed by atoms with E-state index in [1.807, 2.05) is 12.1 Å². The van der Waals surface area contributed by atoms with Crippen molar-refractivity contribution >= 4 is 57.4 Å². The summed E-state index contributed by atoms with van der Waals surface area (Å²) in [5.74, 6) is 0.398. The molecule has 4 heteroatoms. The fraction of sp³-hybridized carbons (Fsp3) is 0.143. The maximum Gasteiger partial charge on any atom is 0.0728 e. The molecule has 0 aliphatic rings. The molecule has 0 aliphatic carbocycles. The molecule has 1 rings (SSSR count). The zero-order valence-electron chi connectivity index (χ0n) is 5.37. The standard InChI is InChI=1S/C7H4Cl3I/c8-3-4-1-2-5(11)7(10)6(4)9/h1-2H,3H2. The van der Waals surface area contributed by atoms with Crippen molar-refractivity contribution in [2.45, 2.75) is 5.88 Å². The van der Waals surface area contributed by atoms with E-state index in [9.17, 15) is 0 Å². The molecule has 0 unspecified atom stereocenters. The first-order valence-electron chi connectivity index (χ1n) is 2.85. The first kappa shape index (κ1) is 9.90. The zero-order valence-corrected chi connectivity index (χ0v) is 9.80. The minimum Gasteiger partial charge on any atom is -0.121 e. The second-order valence-electron chi connectivity index (χ2n) is 1.97. The van der Waals surface area contributed by atoms with E-state index in [0.29, 0.717) is 15.9 Å². The van der Waals surface area contributed by atoms with Gasteiger partial charge in [0.25, 0.3) is 0 Å². The molecule has 0 aliphatic heterocycles. The van der Waals surface area contributed by atoms with Gasteiger partial charge in [-0.05, 0) is 34.2 Å². The Morgan fingerprint density at radius 2 is 1.82 bits per heavy atom. The molecule has 1 aromatic rings. The number of rotatable bonds is 1. The number of hydrogen-bond donors (Lipinski definition) is 0. The van der Waals surface area contributed by atoms with Gasteiger partial charge in [-0.1, -0.05) is 29.3 Å². The number of benzene rings is 1. The van der Waals surface area contributed by atoms with Gasteiger partial charge in [0.15, 0.2) is 0 Å². The highest BCUT2D eigenvalue weighted by molar-refractivity contribution is 14.1. The highest BCUT2D eigenvalue weighted by Gasteiger charge is 2.06. The van der Waals surface area contributed by atoms with E-state index in [1.54, 1.807) is 0 Å². The minimum absolute atomic E-state index is 0.398. The second-order valence-corrected chi connectivity index (χ2v) is 4.15. The van der Waals surface area contributed by atoms with Crippen molar-refractivity contribution in [3.8, 4) is 0 Å². The van der Waals surface area contributed by atoms with E-state index in [0.717, 1.165) is 9.13 Å². The van der Waals surface area contributed by atoms with Gasteiger partial charge in [-0.3, -0.25) is 0 Å². The van der Waals surface area contributed by atoms with E-state index >= 15 is 0 Å². The molecule has 0 saturated heterocycles. The lowest BCUT2D eigenvalue weighted by molar-refractivity contribution is 1.39. The molecule has 11 heavy (non-hydrogen) atoms. The van der Waals surface area contributed by atoms with Crippen LogP contribution in [0.2, 0.25) is 10.0 Å². The molecule has 0 amide bonds. The van der Waals surface area contributed by atoms with Gasteiger partial charge in [-0.15, -0.1) is 11.6 Å². The van der Waals surface area contributed by atoms with Gasteiger partial charge in [0.05, 0.1) is 10.0 Å². The highest BCUT2D eigenvalue weighted by atomic mass is 127. The normalized spacial score (nSPS) is 10.2. The molecule has 0 saturated carbocycles. The van der Waals surface area contributed by atoms with Crippen LogP contribution in [0.3, 0.4) is 0 Å². The van der Waals surface area contributed by atoms with Crippen LogP contribution in [0.4, 0.5) is 0 Å². The van der Waals surface area contributed by atoms with Gasteiger partial charge in [-0.2, -0.15) is 0 Å². The predicted octanol–water partition coefficient (Wildman–Crippen LogP) is 4.34. The van der Waals surface area contributed by atoms with E-state index < -0.39 is 0 Å². The fourth-order valence-electron chi connectivity index (χ4n) is 0.669. The van der Waals surface area contributed by atoms with Gasteiger partial charge in [0.1, 0.15) is 0 Å². The summed E-state index contributed by atoms with van der Waals surface area (Å²) in [5, 5.41) is 1.15. The van der Waals surface area contributed by atoms with Gasteiger partial charge < -0.3 is 0 Å². The van der Waals surface area contributed by atoms with E-state index in [4.69, 9.17) is 34.8 Å². The molecule has 0 spiro atoms. The SMILES string of the molecule is ClCc1ccc(I)c(Cl)c1Cl. The van der Waals surface area contributed by atoms with Crippen LogP contribution >= 0.6 is 57.4 Å². The maximum atomic E-state index is 5.88. The summed E-state index contributed by atoms with van der Waals surface area (Å²) in [5.41, 5.74) is 0.874. The van der Waals surface area contributed by atoms with Crippen LogP contribution in [0.5, 0.6) is 0 Å². The molecular weight excluding hydrogens is 317 g/mol. The largest absolute Gasteiger partial charge is 0.121 e. The Bertz CT molecular complexity index is 273. The zero-order chi connectivity index (χ0) is 8.43. The highest BCUT2D eigenvalue weighted by Crippen LogP contribution is 2.30. The third-order valence-corrected chi connectivity index (χ3v) is 3.69. The summed E-state index contributed by atoms with van der Waals surface area (Å²) in [6.45, 7) is 0. The lowest BCUT2D eigenvalue weighted by Gasteiger charge is -2.02. The van der Waals surface area contributed by atoms with Crippen LogP contribution in [0.25, 0.3) is 0 Å². The molecule has 0 fully saturated rings. The van der Waals surface area contributed by atoms with Gasteiger partial charge >= 0.3 is 0 Å². The van der Waals surface area contributed by atoms with Crippen LogP contribution in [-0.4, -0.2) is 0 Å². The summed E-state index contributed by atoms with van der Waals surface area (Å²) in [6, 6.07) is 3.77. The molecule has 0 atom stereocenters. The Morgan fingerprint density at radius 3 is 2.36 bits per heavy atom. The average Bonchev–Trinajstić information content (AvgIpc) is 2.01. The summed E-state index contributed by atoms with van der Waals surface area (Å²) in [4.78, 5) is 0. The molecule has 0 heterocycles. The summed E-state index contributed by atoms with van der Waals surface area (Å²) >= 11 is 19.5. The molecule has 0 radical (unpaired) electrons. The lowest BCUT2D eigenvalue weighted by atomic mass is 10.2. The van der Waals surface area contributed by atoms with Crippen molar-refractivity contribution in [1.29, 1.82) is 0 Å². The molecule has 0 bridgehead atoms. The van der Waals surface area contributed by atoms with Crippen LogP contribution in [-0.2, 0) is 5.88 Å². The Labute approximate surface area is 94.0 Å². The third-order valence-electron chi connectivity index (χ3n) is 1.26. The monoisotopic (exact) mass is 320 g/mol. The molecule has 60 valence electrons.